The van der Waals surface area contributed by atoms with Crippen molar-refractivity contribution in [2.45, 2.75) is 24.6 Å². The van der Waals surface area contributed by atoms with Crippen LogP contribution in [0.2, 0.25) is 0 Å². The molecule has 0 aromatic heterocycles. The molecule has 14 heavy (non-hydrogen) atoms. The lowest BCUT2D eigenvalue weighted by molar-refractivity contribution is 0.502. The van der Waals surface area contributed by atoms with Crippen LogP contribution in [0.4, 0.5) is 0 Å². The molecular weight excluding hydrogens is 222 g/mol. The monoisotopic (exact) mass is 239 g/mol. The SMILES string of the molecule is CS(=O)(=O)CCNCC1CCCC1Cl. The molecule has 1 N–H and O–H groups in total. The van der Waals surface area contributed by atoms with Gasteiger partial charge in [-0.05, 0) is 25.3 Å². The number of sulfone groups is 1. The topological polar surface area (TPSA) is 46.2 Å². The van der Waals surface area contributed by atoms with E-state index in [9.17, 15) is 8.42 Å². The molecule has 0 radical (unpaired) electrons. The zero-order chi connectivity index (χ0) is 10.6. The van der Waals surface area contributed by atoms with Crippen molar-refractivity contribution in [3.63, 3.8) is 0 Å². The van der Waals surface area contributed by atoms with Crippen LogP contribution in [0.15, 0.2) is 0 Å². The van der Waals surface area contributed by atoms with Crippen molar-refractivity contribution < 1.29 is 8.42 Å². The van der Waals surface area contributed by atoms with E-state index in [1.807, 2.05) is 0 Å². The smallest absolute Gasteiger partial charge is 0.148 e. The van der Waals surface area contributed by atoms with Crippen molar-refractivity contribution in [3.8, 4) is 0 Å². The van der Waals surface area contributed by atoms with E-state index in [1.54, 1.807) is 0 Å². The van der Waals surface area contributed by atoms with Crippen LogP contribution < -0.4 is 5.32 Å². The van der Waals surface area contributed by atoms with Gasteiger partial charge in [0.1, 0.15) is 9.84 Å². The average molecular weight is 240 g/mol. The van der Waals surface area contributed by atoms with Crippen LogP contribution >= 0.6 is 11.6 Å². The lowest BCUT2D eigenvalue weighted by Crippen LogP contribution is -2.29. The van der Waals surface area contributed by atoms with Gasteiger partial charge in [0.2, 0.25) is 0 Å². The van der Waals surface area contributed by atoms with E-state index in [1.165, 1.54) is 19.1 Å². The fourth-order valence-electron chi connectivity index (χ4n) is 1.77. The maximum Gasteiger partial charge on any atom is 0.148 e. The molecule has 0 heterocycles. The van der Waals surface area contributed by atoms with Gasteiger partial charge < -0.3 is 5.32 Å². The standard InChI is InChI=1S/C9H18ClNO2S/c1-14(12,13)6-5-11-7-8-3-2-4-9(8)10/h8-9,11H,2-7H2,1H3. The van der Waals surface area contributed by atoms with Gasteiger partial charge in [-0.3, -0.25) is 0 Å². The highest BCUT2D eigenvalue weighted by molar-refractivity contribution is 7.90. The Labute approximate surface area is 91.1 Å². The third kappa shape index (κ3) is 4.62. The minimum Gasteiger partial charge on any atom is -0.315 e. The molecule has 2 unspecified atom stereocenters. The molecule has 0 aromatic carbocycles. The van der Waals surface area contributed by atoms with Gasteiger partial charge in [-0.15, -0.1) is 11.6 Å². The first kappa shape index (κ1) is 12.3. The van der Waals surface area contributed by atoms with Crippen LogP contribution in [-0.4, -0.2) is 38.9 Å². The van der Waals surface area contributed by atoms with Gasteiger partial charge in [-0.25, -0.2) is 8.42 Å². The van der Waals surface area contributed by atoms with Crippen molar-refractivity contribution in [3.05, 3.63) is 0 Å². The highest BCUT2D eigenvalue weighted by atomic mass is 35.5. The van der Waals surface area contributed by atoms with Crippen molar-refractivity contribution in [2.24, 2.45) is 5.92 Å². The summed E-state index contributed by atoms with van der Waals surface area (Å²) in [5.74, 6) is 0.739. The summed E-state index contributed by atoms with van der Waals surface area (Å²) in [6.45, 7) is 1.39. The minimum atomic E-state index is -2.83. The van der Waals surface area contributed by atoms with Gasteiger partial charge in [0.15, 0.2) is 0 Å². The second-order valence-corrected chi connectivity index (χ2v) is 6.86. The molecule has 1 fully saturated rings. The molecule has 84 valence electrons. The molecule has 1 saturated carbocycles. The lowest BCUT2D eigenvalue weighted by Gasteiger charge is -2.13. The van der Waals surface area contributed by atoms with Gasteiger partial charge in [0.25, 0.3) is 0 Å². The van der Waals surface area contributed by atoms with E-state index >= 15 is 0 Å². The summed E-state index contributed by atoms with van der Waals surface area (Å²) in [5.41, 5.74) is 0. The Hall–Kier alpha value is 0.200. The summed E-state index contributed by atoms with van der Waals surface area (Å²) < 4.78 is 21.7. The van der Waals surface area contributed by atoms with Crippen LogP contribution in [0.1, 0.15) is 19.3 Å². The third-order valence-electron chi connectivity index (χ3n) is 2.62. The number of hydrogen-bond donors (Lipinski definition) is 1. The fraction of sp³-hybridized carbons (Fsp3) is 1.00. The van der Waals surface area contributed by atoms with Crippen molar-refractivity contribution in [2.75, 3.05) is 25.1 Å². The van der Waals surface area contributed by atoms with Crippen LogP contribution in [0.25, 0.3) is 0 Å². The second-order valence-electron chi connectivity index (χ2n) is 4.04. The predicted octanol–water partition coefficient (Wildman–Crippen LogP) is 1.03. The quantitative estimate of drug-likeness (QED) is 0.576. The predicted molar refractivity (Wildman–Crippen MR) is 59.6 cm³/mol. The van der Waals surface area contributed by atoms with E-state index in [2.05, 4.69) is 5.32 Å². The molecule has 0 aliphatic heterocycles. The number of rotatable bonds is 5. The molecule has 0 saturated heterocycles. The Morgan fingerprint density at radius 3 is 2.64 bits per heavy atom. The molecule has 1 aliphatic carbocycles. The summed E-state index contributed by atoms with van der Waals surface area (Å²) in [4.78, 5) is 0. The first-order valence-corrected chi connectivity index (χ1v) is 7.51. The number of hydrogen-bond acceptors (Lipinski definition) is 3. The maximum absolute atomic E-state index is 10.8. The van der Waals surface area contributed by atoms with Gasteiger partial charge >= 0.3 is 0 Å². The summed E-state index contributed by atoms with van der Waals surface area (Å²) >= 11 is 6.09. The summed E-state index contributed by atoms with van der Waals surface area (Å²) in [6.07, 6.45) is 4.72. The second kappa shape index (κ2) is 5.33. The minimum absolute atomic E-state index is 0.215. The highest BCUT2D eigenvalue weighted by Crippen LogP contribution is 2.29. The summed E-state index contributed by atoms with van der Waals surface area (Å²) in [6, 6.07) is 0. The van der Waals surface area contributed by atoms with Gasteiger partial charge in [-0.1, -0.05) is 6.42 Å². The van der Waals surface area contributed by atoms with Crippen LogP contribution in [0.3, 0.4) is 0 Å². The molecule has 3 nitrogen and oxygen atoms in total. The van der Waals surface area contributed by atoms with Crippen LogP contribution in [0.5, 0.6) is 0 Å². The summed E-state index contributed by atoms with van der Waals surface area (Å²) in [7, 11) is -2.83. The largest absolute Gasteiger partial charge is 0.315 e. The lowest BCUT2D eigenvalue weighted by atomic mass is 10.1. The Morgan fingerprint density at radius 1 is 1.43 bits per heavy atom. The van der Waals surface area contributed by atoms with Crippen molar-refractivity contribution in [1.29, 1.82) is 0 Å². The van der Waals surface area contributed by atoms with E-state index in [0.29, 0.717) is 12.5 Å². The number of halogens is 1. The number of nitrogens with one attached hydrogen (secondary N) is 1. The molecule has 0 bridgehead atoms. The molecule has 0 amide bonds. The van der Waals surface area contributed by atoms with Gasteiger partial charge in [0, 0.05) is 18.2 Å². The molecule has 5 heteroatoms. The fourth-order valence-corrected chi connectivity index (χ4v) is 2.65. The zero-order valence-corrected chi connectivity index (χ0v) is 10.1. The highest BCUT2D eigenvalue weighted by Gasteiger charge is 2.24. The van der Waals surface area contributed by atoms with E-state index < -0.39 is 9.84 Å². The van der Waals surface area contributed by atoms with Gasteiger partial charge in [0.05, 0.1) is 5.75 Å². The Kier molecular flexibility index (Phi) is 4.67. The molecule has 1 aliphatic rings. The molecule has 0 spiro atoms. The summed E-state index contributed by atoms with van der Waals surface area (Å²) in [5, 5.41) is 3.43. The Balaban J connectivity index is 2.09. The van der Waals surface area contributed by atoms with E-state index in [-0.39, 0.29) is 11.1 Å². The normalized spacial score (nSPS) is 28.1. The van der Waals surface area contributed by atoms with Gasteiger partial charge in [-0.2, -0.15) is 0 Å². The average Bonchev–Trinajstić information content (AvgIpc) is 2.44. The van der Waals surface area contributed by atoms with E-state index in [4.69, 9.17) is 11.6 Å². The van der Waals surface area contributed by atoms with E-state index in [0.717, 1.165) is 13.0 Å². The molecule has 1 rings (SSSR count). The Bertz CT molecular complexity index is 266. The zero-order valence-electron chi connectivity index (χ0n) is 8.50. The first-order chi connectivity index (χ1) is 6.49. The van der Waals surface area contributed by atoms with Crippen molar-refractivity contribution in [1.82, 2.24) is 5.32 Å². The molecule has 0 aromatic rings. The first-order valence-electron chi connectivity index (χ1n) is 5.01. The third-order valence-corrected chi connectivity index (χ3v) is 4.14. The Morgan fingerprint density at radius 2 is 2.14 bits per heavy atom. The number of alkyl halides is 1. The maximum atomic E-state index is 10.8. The van der Waals surface area contributed by atoms with Crippen molar-refractivity contribution >= 4 is 21.4 Å². The molecule has 2 atom stereocenters. The van der Waals surface area contributed by atoms with Crippen LogP contribution in [0, 0.1) is 5.92 Å². The van der Waals surface area contributed by atoms with Crippen LogP contribution in [-0.2, 0) is 9.84 Å². The molecular formula is C9H18ClNO2S.